The van der Waals surface area contributed by atoms with Gasteiger partial charge in [-0.1, -0.05) is 34.8 Å². The fraction of sp³-hybridized carbons (Fsp3) is 0.273. The topological polar surface area (TPSA) is 70.8 Å². The van der Waals surface area contributed by atoms with Crippen LogP contribution >= 0.6 is 34.8 Å². The van der Waals surface area contributed by atoms with Crippen molar-refractivity contribution in [1.29, 1.82) is 0 Å². The molecule has 0 saturated carbocycles. The predicted octanol–water partition coefficient (Wildman–Crippen LogP) is 3.33. The number of hydrogen-bond acceptors (Lipinski definition) is 3. The molecule has 2 aromatic rings. The Morgan fingerprint density at radius 2 is 2.05 bits per heavy atom. The molecule has 0 aromatic carbocycles. The number of rotatable bonds is 2. The molecule has 0 saturated heterocycles. The number of methoxy groups -OCH3 is 1. The number of alkyl halides is 3. The Kier molecular flexibility index (Phi) is 3.80. The molecule has 2 heterocycles. The molecule has 2 N–H and O–H groups in total. The van der Waals surface area contributed by atoms with Crippen molar-refractivity contribution in [3.8, 4) is 11.3 Å². The third-order valence-electron chi connectivity index (χ3n) is 2.58. The van der Waals surface area contributed by atoms with Crippen LogP contribution in [0.1, 0.15) is 21.9 Å². The molecule has 0 radical (unpaired) electrons. The Labute approximate surface area is 124 Å². The van der Waals surface area contributed by atoms with Crippen LogP contribution in [0, 0.1) is 6.92 Å². The molecule has 0 aliphatic carbocycles. The first-order valence-corrected chi connectivity index (χ1v) is 6.38. The maximum Gasteiger partial charge on any atom is 0.354 e. The largest absolute Gasteiger partial charge is 0.464 e. The Morgan fingerprint density at radius 1 is 1.37 bits per heavy atom. The molecule has 0 atom stereocenters. The van der Waals surface area contributed by atoms with E-state index in [4.69, 9.17) is 34.8 Å². The van der Waals surface area contributed by atoms with Crippen LogP contribution in [0.5, 0.6) is 0 Å². The number of aryl methyl sites for hydroxylation is 1. The van der Waals surface area contributed by atoms with Crippen LogP contribution < -0.4 is 0 Å². The molecule has 0 fully saturated rings. The van der Waals surface area contributed by atoms with Crippen LogP contribution in [0.25, 0.3) is 11.3 Å². The molecule has 0 bridgehead atoms. The van der Waals surface area contributed by atoms with E-state index in [0.29, 0.717) is 17.0 Å². The molecule has 0 spiro atoms. The smallest absolute Gasteiger partial charge is 0.354 e. The zero-order chi connectivity index (χ0) is 14.2. The van der Waals surface area contributed by atoms with E-state index in [-0.39, 0.29) is 5.69 Å². The van der Waals surface area contributed by atoms with Crippen molar-refractivity contribution >= 4 is 40.8 Å². The summed E-state index contributed by atoms with van der Waals surface area (Å²) < 4.78 is 2.97. The molecule has 19 heavy (non-hydrogen) atoms. The van der Waals surface area contributed by atoms with Gasteiger partial charge >= 0.3 is 5.97 Å². The highest BCUT2D eigenvalue weighted by Gasteiger charge is 2.31. The number of nitrogens with one attached hydrogen (secondary N) is 2. The molecular weight excluding hydrogens is 312 g/mol. The van der Waals surface area contributed by atoms with Crippen LogP contribution in [0.4, 0.5) is 0 Å². The van der Waals surface area contributed by atoms with Crippen molar-refractivity contribution in [1.82, 2.24) is 15.2 Å². The highest BCUT2D eigenvalue weighted by Crippen LogP contribution is 2.42. The summed E-state index contributed by atoms with van der Waals surface area (Å²) in [5.41, 5.74) is 2.55. The van der Waals surface area contributed by atoms with E-state index >= 15 is 0 Å². The minimum Gasteiger partial charge on any atom is -0.464 e. The summed E-state index contributed by atoms with van der Waals surface area (Å²) in [6.07, 6.45) is 0. The number of H-pyrrole nitrogens is 2. The second-order valence-electron chi connectivity index (χ2n) is 3.85. The van der Waals surface area contributed by atoms with E-state index in [0.717, 1.165) is 5.69 Å². The number of hydrogen-bond donors (Lipinski definition) is 2. The second-order valence-corrected chi connectivity index (χ2v) is 6.13. The number of ether oxygens (including phenoxy) is 1. The van der Waals surface area contributed by atoms with E-state index in [1.807, 2.05) is 0 Å². The van der Waals surface area contributed by atoms with Gasteiger partial charge < -0.3 is 9.72 Å². The standard InChI is InChI=1S/C11H10Cl3N3O2/c1-5-8(9(17-16-5)11(12,13)14)6-3-4-7(15-6)10(18)19-2/h3-4,15H,1-2H3,(H,16,17). The predicted molar refractivity (Wildman–Crippen MR) is 73.7 cm³/mol. The first-order chi connectivity index (χ1) is 8.84. The van der Waals surface area contributed by atoms with Crippen molar-refractivity contribution in [3.63, 3.8) is 0 Å². The number of carbonyl (C=O) groups excluding carboxylic acids is 1. The van der Waals surface area contributed by atoms with Crippen molar-refractivity contribution < 1.29 is 9.53 Å². The SMILES string of the molecule is COC(=O)c1ccc(-c2c(C(Cl)(Cl)Cl)n[nH]c2C)[nH]1. The quantitative estimate of drug-likeness (QED) is 0.658. The van der Waals surface area contributed by atoms with Gasteiger partial charge in [0.25, 0.3) is 0 Å². The third-order valence-corrected chi connectivity index (χ3v) is 3.11. The van der Waals surface area contributed by atoms with Crippen molar-refractivity contribution in [2.75, 3.05) is 7.11 Å². The van der Waals surface area contributed by atoms with Crippen LogP contribution in [-0.2, 0) is 8.53 Å². The third kappa shape index (κ3) is 2.73. The summed E-state index contributed by atoms with van der Waals surface area (Å²) in [6, 6.07) is 3.29. The highest BCUT2D eigenvalue weighted by atomic mass is 35.6. The van der Waals surface area contributed by atoms with Gasteiger partial charge in [0.1, 0.15) is 11.4 Å². The summed E-state index contributed by atoms with van der Waals surface area (Å²) in [7, 11) is 1.30. The lowest BCUT2D eigenvalue weighted by Crippen LogP contribution is -2.04. The first-order valence-electron chi connectivity index (χ1n) is 5.24. The molecule has 8 heteroatoms. The molecule has 2 rings (SSSR count). The van der Waals surface area contributed by atoms with Crippen LogP contribution in [0.2, 0.25) is 0 Å². The summed E-state index contributed by atoms with van der Waals surface area (Å²) in [5.74, 6) is -0.470. The summed E-state index contributed by atoms with van der Waals surface area (Å²) >= 11 is 17.6. The number of halogens is 3. The molecular formula is C11H10Cl3N3O2. The summed E-state index contributed by atoms with van der Waals surface area (Å²) in [6.45, 7) is 1.79. The molecule has 0 aliphatic rings. The molecule has 0 aliphatic heterocycles. The minimum absolute atomic E-state index is 0.272. The van der Waals surface area contributed by atoms with Gasteiger partial charge in [-0.3, -0.25) is 5.10 Å². The monoisotopic (exact) mass is 321 g/mol. The van der Waals surface area contributed by atoms with Gasteiger partial charge in [0.2, 0.25) is 3.79 Å². The van der Waals surface area contributed by atoms with Gasteiger partial charge in [0.15, 0.2) is 0 Å². The van der Waals surface area contributed by atoms with Gasteiger partial charge in [0.05, 0.1) is 7.11 Å². The molecule has 102 valence electrons. The summed E-state index contributed by atoms with van der Waals surface area (Å²) in [4.78, 5) is 14.3. The molecule has 2 aromatic heterocycles. The van der Waals surface area contributed by atoms with Crippen molar-refractivity contribution in [3.05, 3.63) is 29.2 Å². The van der Waals surface area contributed by atoms with Crippen LogP contribution in [0.15, 0.2) is 12.1 Å². The Morgan fingerprint density at radius 3 is 2.63 bits per heavy atom. The van der Waals surface area contributed by atoms with Gasteiger partial charge in [-0.15, -0.1) is 0 Å². The van der Waals surface area contributed by atoms with E-state index in [2.05, 4.69) is 19.9 Å². The first kappa shape index (κ1) is 14.2. The van der Waals surface area contributed by atoms with E-state index in [1.54, 1.807) is 19.1 Å². The Bertz CT molecular complexity index is 613. The zero-order valence-corrected chi connectivity index (χ0v) is 12.3. The van der Waals surface area contributed by atoms with Crippen molar-refractivity contribution in [2.45, 2.75) is 10.7 Å². The van der Waals surface area contributed by atoms with E-state index in [1.165, 1.54) is 7.11 Å². The zero-order valence-electron chi connectivity index (χ0n) is 10.1. The van der Waals surface area contributed by atoms with Crippen LogP contribution in [0.3, 0.4) is 0 Å². The normalized spacial score (nSPS) is 11.6. The van der Waals surface area contributed by atoms with E-state index < -0.39 is 9.76 Å². The van der Waals surface area contributed by atoms with Gasteiger partial charge in [-0.25, -0.2) is 4.79 Å². The number of esters is 1. The molecule has 0 amide bonds. The van der Waals surface area contributed by atoms with Crippen LogP contribution in [-0.4, -0.2) is 28.3 Å². The number of carbonyl (C=O) groups is 1. The number of nitrogens with zero attached hydrogens (tertiary/aromatic N) is 1. The summed E-state index contributed by atoms with van der Waals surface area (Å²) in [5, 5.41) is 6.74. The maximum absolute atomic E-state index is 11.4. The van der Waals surface area contributed by atoms with E-state index in [9.17, 15) is 4.79 Å². The fourth-order valence-corrected chi connectivity index (χ4v) is 2.14. The van der Waals surface area contributed by atoms with Gasteiger partial charge in [-0.2, -0.15) is 5.10 Å². The fourth-order valence-electron chi connectivity index (χ4n) is 1.73. The maximum atomic E-state index is 11.4. The average molecular weight is 323 g/mol. The number of aromatic nitrogens is 3. The minimum atomic E-state index is -1.66. The average Bonchev–Trinajstić information content (AvgIpc) is 2.92. The second kappa shape index (κ2) is 5.07. The lowest BCUT2D eigenvalue weighted by Gasteiger charge is -2.09. The Balaban J connectivity index is 2.50. The van der Waals surface area contributed by atoms with Crippen molar-refractivity contribution in [2.24, 2.45) is 0 Å². The van der Waals surface area contributed by atoms with Gasteiger partial charge in [0, 0.05) is 17.0 Å². The Hall–Kier alpha value is -1.17. The number of aromatic amines is 2. The molecule has 0 unspecified atom stereocenters. The lowest BCUT2D eigenvalue weighted by atomic mass is 10.1. The van der Waals surface area contributed by atoms with Gasteiger partial charge in [-0.05, 0) is 19.1 Å². The molecule has 5 nitrogen and oxygen atoms in total. The highest BCUT2D eigenvalue weighted by molar-refractivity contribution is 6.66. The lowest BCUT2D eigenvalue weighted by molar-refractivity contribution is 0.0595.